The molecule has 11 rings (SSSR count). The predicted octanol–water partition coefficient (Wildman–Crippen LogP) is 11.6. The minimum absolute atomic E-state index is 0.242. The molecule has 0 radical (unpaired) electrons. The van der Waals surface area contributed by atoms with Crippen LogP contribution in [0.5, 0.6) is 0 Å². The van der Waals surface area contributed by atoms with Crippen LogP contribution in [0.3, 0.4) is 0 Å². The van der Waals surface area contributed by atoms with Gasteiger partial charge in [0.05, 0.1) is 33.4 Å². The van der Waals surface area contributed by atoms with Gasteiger partial charge in [-0.2, -0.15) is 0 Å². The first kappa shape index (κ1) is 22.7. The van der Waals surface area contributed by atoms with Crippen LogP contribution in [-0.4, -0.2) is 18.9 Å². The van der Waals surface area contributed by atoms with Crippen molar-refractivity contribution in [1.29, 1.82) is 0 Å². The van der Waals surface area contributed by atoms with Gasteiger partial charge in [-0.1, -0.05) is 116 Å². The first-order valence-electron chi connectivity index (χ1n) is 19.6. The van der Waals surface area contributed by atoms with Gasteiger partial charge < -0.3 is 0 Å². The Labute approximate surface area is 302 Å². The van der Waals surface area contributed by atoms with Crippen LogP contribution >= 0.6 is 11.8 Å². The highest BCUT2D eigenvalue weighted by molar-refractivity contribution is 7.99. The molecule has 0 spiro atoms. The smallest absolute Gasteiger partial charge is 0.220 e. The molecule has 6 aromatic carbocycles. The minimum atomic E-state index is -2.99. The second-order valence-corrected chi connectivity index (χ2v) is 14.0. The fourth-order valence-electron chi connectivity index (χ4n) is 8.06. The average molecular weight is 665 g/mol. The highest BCUT2D eigenvalue weighted by Crippen LogP contribution is 2.56. The molecule has 0 fully saturated rings. The number of hydrogen-bond donors (Lipinski definition) is 0. The summed E-state index contributed by atoms with van der Waals surface area (Å²) in [6, 6.07) is 45.4. The van der Waals surface area contributed by atoms with Crippen LogP contribution in [0, 0.1) is 0 Å². The van der Waals surface area contributed by atoms with Crippen LogP contribution in [0.4, 0.5) is 0 Å². The van der Waals surface area contributed by atoms with Crippen molar-refractivity contribution in [2.75, 3.05) is 0 Å². The molecule has 3 aromatic heterocycles. The quantitative estimate of drug-likeness (QED) is 0.175. The fourth-order valence-corrected chi connectivity index (χ4v) is 9.38. The van der Waals surface area contributed by atoms with Crippen molar-refractivity contribution in [3.63, 3.8) is 0 Å². The molecular formula is C45H30N4S. The summed E-state index contributed by atoms with van der Waals surface area (Å²) in [6.45, 7) is -5.97. The minimum Gasteiger partial charge on any atom is -0.277 e. The lowest BCUT2D eigenvalue weighted by atomic mass is 9.74. The van der Waals surface area contributed by atoms with Gasteiger partial charge in [0, 0.05) is 40.8 Å². The highest BCUT2D eigenvalue weighted by atomic mass is 32.2. The number of imidazole rings is 2. The Hall–Kier alpha value is -5.91. The van der Waals surface area contributed by atoms with Crippen LogP contribution in [0.1, 0.15) is 33.1 Å². The molecule has 9 aromatic rings. The van der Waals surface area contributed by atoms with E-state index in [0.717, 1.165) is 66.7 Å². The maximum absolute atomic E-state index is 9.28. The van der Waals surface area contributed by atoms with Gasteiger partial charge in [-0.05, 0) is 87.5 Å². The molecule has 0 saturated carbocycles. The lowest BCUT2D eigenvalue weighted by molar-refractivity contribution is 0.606. The first-order valence-corrected chi connectivity index (χ1v) is 17.4. The molecule has 0 N–H and O–H groups in total. The van der Waals surface area contributed by atoms with Crippen LogP contribution in [0.15, 0.2) is 156 Å². The SMILES string of the molecule is [2H]C([2H])([2H])C1(C([2H])([2H])[2H])c2cc3c(cc2Sc2c(-n4c5ccccc5n5c6ccccc6nc45)cccc21)-c1ccccc1-c1cccnc1-c1ccccc1-3. The van der Waals surface area contributed by atoms with E-state index in [1.807, 2.05) is 114 Å². The molecule has 236 valence electrons. The Bertz CT molecular complexity index is 3110. The molecule has 4 nitrogen and oxygen atoms in total. The fraction of sp³-hybridized carbons (Fsp3) is 0.0667. The third kappa shape index (κ3) is 3.67. The van der Waals surface area contributed by atoms with Crippen molar-refractivity contribution in [3.05, 3.63) is 157 Å². The number of pyridine rings is 1. The molecule has 0 amide bonds. The Kier molecular flexibility index (Phi) is 4.56. The standard InChI is InChI=1S/C45H30N4S/c1-45(2)34-18-11-23-40(49-39-22-10-9-21-38(39)48-37-20-8-7-19-36(37)47-44(48)49)43(34)50-41-26-33-28-14-4-3-13-27(28)31-17-12-24-46-42(31)30-16-6-5-15-29(30)32(33)25-35(41)45/h3-26H,1-2H3/i1D3,2D3. The summed E-state index contributed by atoms with van der Waals surface area (Å²) in [7, 11) is 0. The molecule has 1 aliphatic carbocycles. The van der Waals surface area contributed by atoms with E-state index < -0.39 is 19.1 Å². The largest absolute Gasteiger partial charge is 0.277 e. The van der Waals surface area contributed by atoms with Gasteiger partial charge in [0.1, 0.15) is 0 Å². The lowest BCUT2D eigenvalue weighted by Gasteiger charge is -2.37. The molecule has 1 aliphatic heterocycles. The summed E-state index contributed by atoms with van der Waals surface area (Å²) in [6.07, 6.45) is 1.78. The number of benzene rings is 6. The van der Waals surface area contributed by atoms with E-state index in [0.29, 0.717) is 21.3 Å². The Morgan fingerprint density at radius 1 is 0.580 bits per heavy atom. The zero-order valence-corrected chi connectivity index (χ0v) is 27.4. The van der Waals surface area contributed by atoms with E-state index >= 15 is 0 Å². The van der Waals surface area contributed by atoms with Crippen molar-refractivity contribution in [2.45, 2.75) is 28.9 Å². The summed E-state index contributed by atoms with van der Waals surface area (Å²) in [5.74, 6) is 0.650. The van der Waals surface area contributed by atoms with Gasteiger partial charge >= 0.3 is 0 Å². The van der Waals surface area contributed by atoms with Gasteiger partial charge in [-0.3, -0.25) is 14.0 Å². The number of aromatic nitrogens is 4. The van der Waals surface area contributed by atoms with Crippen LogP contribution < -0.4 is 0 Å². The lowest BCUT2D eigenvalue weighted by Crippen LogP contribution is -2.25. The normalized spacial score (nSPS) is 16.2. The summed E-state index contributed by atoms with van der Waals surface area (Å²) >= 11 is 1.42. The summed E-state index contributed by atoms with van der Waals surface area (Å²) in [5.41, 5.74) is 9.42. The maximum Gasteiger partial charge on any atom is 0.220 e. The van der Waals surface area contributed by atoms with Crippen molar-refractivity contribution in [3.8, 4) is 50.3 Å². The average Bonchev–Trinajstić information content (AvgIpc) is 3.72. The van der Waals surface area contributed by atoms with Crippen LogP contribution in [-0.2, 0) is 5.41 Å². The van der Waals surface area contributed by atoms with Gasteiger partial charge in [0.25, 0.3) is 0 Å². The van der Waals surface area contributed by atoms with E-state index in [9.17, 15) is 8.22 Å². The molecular weight excluding hydrogens is 629 g/mol. The highest BCUT2D eigenvalue weighted by Gasteiger charge is 2.37. The summed E-state index contributed by atoms with van der Waals surface area (Å²) < 4.78 is 59.8. The van der Waals surface area contributed by atoms with Crippen molar-refractivity contribution < 1.29 is 8.22 Å². The Balaban J connectivity index is 1.27. The topological polar surface area (TPSA) is 35.1 Å². The van der Waals surface area contributed by atoms with Crippen LogP contribution in [0.2, 0.25) is 0 Å². The number of nitrogens with zero attached hydrogens (tertiary/aromatic N) is 4. The molecule has 50 heavy (non-hydrogen) atoms. The van der Waals surface area contributed by atoms with Crippen molar-refractivity contribution in [1.82, 2.24) is 18.9 Å². The predicted molar refractivity (Wildman–Crippen MR) is 205 cm³/mol. The molecule has 5 heteroatoms. The zero-order valence-electron chi connectivity index (χ0n) is 32.6. The van der Waals surface area contributed by atoms with E-state index in [1.54, 1.807) is 18.3 Å². The number of rotatable bonds is 1. The first-order chi connectivity index (χ1) is 27.1. The molecule has 0 unspecified atom stereocenters. The number of para-hydroxylation sites is 4. The maximum atomic E-state index is 9.28. The second kappa shape index (κ2) is 10.1. The third-order valence-corrected chi connectivity index (χ3v) is 11.5. The van der Waals surface area contributed by atoms with E-state index in [2.05, 4.69) is 22.6 Å². The van der Waals surface area contributed by atoms with E-state index in [1.165, 1.54) is 11.8 Å². The molecule has 0 saturated heterocycles. The summed E-state index contributed by atoms with van der Waals surface area (Å²) in [5, 5.41) is 0. The molecule has 2 aliphatic rings. The molecule has 0 atom stereocenters. The van der Waals surface area contributed by atoms with E-state index in [4.69, 9.17) is 9.97 Å². The molecule has 4 heterocycles. The van der Waals surface area contributed by atoms with E-state index in [-0.39, 0.29) is 11.1 Å². The van der Waals surface area contributed by atoms with Gasteiger partial charge in [0.2, 0.25) is 5.78 Å². The zero-order chi connectivity index (χ0) is 38.1. The summed E-state index contributed by atoms with van der Waals surface area (Å²) in [4.78, 5) is 11.1. The number of fused-ring (bicyclic) bond motifs is 15. The third-order valence-electron chi connectivity index (χ3n) is 10.3. The molecule has 0 bridgehead atoms. The second-order valence-electron chi connectivity index (χ2n) is 13.0. The van der Waals surface area contributed by atoms with Crippen molar-refractivity contribution in [2.24, 2.45) is 0 Å². The monoisotopic (exact) mass is 664 g/mol. The number of hydrogen-bond acceptors (Lipinski definition) is 3. The van der Waals surface area contributed by atoms with Gasteiger partial charge in [-0.25, -0.2) is 4.98 Å². The van der Waals surface area contributed by atoms with Crippen molar-refractivity contribution >= 4 is 39.6 Å². The van der Waals surface area contributed by atoms with Crippen LogP contribution in [0.25, 0.3) is 78.2 Å². The van der Waals surface area contributed by atoms with Gasteiger partial charge in [-0.15, -0.1) is 0 Å². The Morgan fingerprint density at radius 2 is 1.24 bits per heavy atom. The Morgan fingerprint density at radius 3 is 2.06 bits per heavy atom. The van der Waals surface area contributed by atoms with Gasteiger partial charge in [0.15, 0.2) is 0 Å².